The van der Waals surface area contributed by atoms with E-state index in [2.05, 4.69) is 28.7 Å². The molecule has 0 radical (unpaired) electrons. The zero-order chi connectivity index (χ0) is 12.8. The minimum absolute atomic E-state index is 0.543. The van der Waals surface area contributed by atoms with Gasteiger partial charge >= 0.3 is 0 Å². The van der Waals surface area contributed by atoms with Gasteiger partial charge in [-0.15, -0.1) is 0 Å². The molecule has 1 heterocycles. The molecule has 5 nitrogen and oxygen atoms in total. The fourth-order valence-electron chi connectivity index (χ4n) is 1.70. The first-order valence-electron chi connectivity index (χ1n) is 5.87. The molecular formula is C12H22N4O. The summed E-state index contributed by atoms with van der Waals surface area (Å²) < 4.78 is 5.13. The van der Waals surface area contributed by atoms with Crippen molar-refractivity contribution in [1.29, 1.82) is 0 Å². The Bertz CT molecular complexity index is 354. The number of nitrogens with two attached hydrogens (primary N) is 1. The van der Waals surface area contributed by atoms with E-state index in [0.29, 0.717) is 18.3 Å². The Hall–Kier alpha value is -1.36. The van der Waals surface area contributed by atoms with Crippen LogP contribution in [0.3, 0.4) is 0 Å². The Kier molecular flexibility index (Phi) is 5.15. The monoisotopic (exact) mass is 238 g/mol. The number of anilines is 2. The highest BCUT2D eigenvalue weighted by atomic mass is 16.5. The zero-order valence-electron chi connectivity index (χ0n) is 11.1. The van der Waals surface area contributed by atoms with Gasteiger partial charge < -0.3 is 15.4 Å². The maximum absolute atomic E-state index is 5.81. The Morgan fingerprint density at radius 3 is 2.71 bits per heavy atom. The highest BCUT2D eigenvalue weighted by molar-refractivity contribution is 5.55. The third kappa shape index (κ3) is 3.85. The Morgan fingerprint density at radius 1 is 1.41 bits per heavy atom. The Morgan fingerprint density at radius 2 is 2.12 bits per heavy atom. The lowest BCUT2D eigenvalue weighted by molar-refractivity contribution is 0.204. The van der Waals surface area contributed by atoms with Crippen LogP contribution in [0.4, 0.5) is 11.6 Å². The van der Waals surface area contributed by atoms with Gasteiger partial charge in [-0.05, 0) is 12.8 Å². The molecule has 0 aromatic carbocycles. The van der Waals surface area contributed by atoms with Gasteiger partial charge in [0.25, 0.3) is 0 Å². The first-order valence-corrected chi connectivity index (χ1v) is 5.87. The van der Waals surface area contributed by atoms with E-state index >= 15 is 0 Å². The van der Waals surface area contributed by atoms with Crippen molar-refractivity contribution in [3.63, 3.8) is 0 Å². The fraction of sp³-hybridized carbons (Fsp3) is 0.667. The maximum atomic E-state index is 5.81. The summed E-state index contributed by atoms with van der Waals surface area (Å²) in [6, 6.07) is 0. The molecule has 96 valence electrons. The van der Waals surface area contributed by atoms with E-state index in [1.54, 1.807) is 7.11 Å². The van der Waals surface area contributed by atoms with Gasteiger partial charge in [0.05, 0.1) is 6.61 Å². The van der Waals surface area contributed by atoms with Crippen molar-refractivity contribution in [2.24, 2.45) is 5.92 Å². The van der Waals surface area contributed by atoms with E-state index in [4.69, 9.17) is 10.5 Å². The normalized spacial score (nSPS) is 10.9. The third-order valence-electron chi connectivity index (χ3n) is 2.55. The van der Waals surface area contributed by atoms with Crippen molar-refractivity contribution in [2.75, 3.05) is 37.4 Å². The lowest BCUT2D eigenvalue weighted by Gasteiger charge is -2.26. The molecule has 0 unspecified atom stereocenters. The number of methoxy groups -OCH3 is 1. The van der Waals surface area contributed by atoms with Crippen LogP contribution in [0.15, 0.2) is 6.33 Å². The molecule has 0 bridgehead atoms. The summed E-state index contributed by atoms with van der Waals surface area (Å²) in [6.07, 6.45) is 1.51. The number of hydrogen-bond donors (Lipinski definition) is 1. The van der Waals surface area contributed by atoms with Gasteiger partial charge in [-0.3, -0.25) is 0 Å². The number of aromatic nitrogens is 2. The molecule has 2 N–H and O–H groups in total. The predicted octanol–water partition coefficient (Wildman–Crippen LogP) is 1.48. The average molecular weight is 238 g/mol. The van der Waals surface area contributed by atoms with Gasteiger partial charge in [-0.1, -0.05) is 13.8 Å². The van der Waals surface area contributed by atoms with Gasteiger partial charge in [0.15, 0.2) is 0 Å². The largest absolute Gasteiger partial charge is 0.383 e. The van der Waals surface area contributed by atoms with Crippen LogP contribution in [0.2, 0.25) is 0 Å². The first-order chi connectivity index (χ1) is 8.06. The van der Waals surface area contributed by atoms with E-state index in [1.807, 2.05) is 6.92 Å². The standard InChI is InChI=1S/C12H22N4O/c1-9(2)7-16(5-6-17-4)12-10(3)11(13)14-8-15-12/h8-9H,5-7H2,1-4H3,(H2,13,14,15). The van der Waals surface area contributed by atoms with Gasteiger partial charge in [0.2, 0.25) is 0 Å². The van der Waals surface area contributed by atoms with Crippen LogP contribution in [0.5, 0.6) is 0 Å². The number of hydrogen-bond acceptors (Lipinski definition) is 5. The van der Waals surface area contributed by atoms with E-state index < -0.39 is 0 Å². The molecule has 0 aliphatic heterocycles. The highest BCUT2D eigenvalue weighted by Crippen LogP contribution is 2.20. The smallest absolute Gasteiger partial charge is 0.137 e. The first kappa shape index (κ1) is 13.7. The van der Waals surface area contributed by atoms with Crippen molar-refractivity contribution in [1.82, 2.24) is 9.97 Å². The summed E-state index contributed by atoms with van der Waals surface area (Å²) in [6.45, 7) is 8.73. The van der Waals surface area contributed by atoms with Gasteiger partial charge in [0, 0.05) is 25.8 Å². The quantitative estimate of drug-likeness (QED) is 0.813. The van der Waals surface area contributed by atoms with Crippen LogP contribution >= 0.6 is 0 Å². The van der Waals surface area contributed by atoms with Crippen LogP contribution in [0.1, 0.15) is 19.4 Å². The molecule has 0 saturated heterocycles. The molecule has 1 rings (SSSR count). The number of nitrogen functional groups attached to an aromatic ring is 1. The molecule has 0 saturated carbocycles. The summed E-state index contributed by atoms with van der Waals surface area (Å²) in [4.78, 5) is 10.5. The lowest BCUT2D eigenvalue weighted by atomic mass is 10.2. The number of rotatable bonds is 6. The van der Waals surface area contributed by atoms with Crippen molar-refractivity contribution >= 4 is 11.6 Å². The molecule has 5 heteroatoms. The molecule has 0 aliphatic carbocycles. The molecular weight excluding hydrogens is 216 g/mol. The van der Waals surface area contributed by atoms with E-state index in [-0.39, 0.29) is 0 Å². The van der Waals surface area contributed by atoms with E-state index in [9.17, 15) is 0 Å². The van der Waals surface area contributed by atoms with Crippen molar-refractivity contribution in [3.05, 3.63) is 11.9 Å². The second kappa shape index (κ2) is 6.39. The van der Waals surface area contributed by atoms with Crippen LogP contribution in [-0.4, -0.2) is 36.8 Å². The Balaban J connectivity index is 2.90. The summed E-state index contributed by atoms with van der Waals surface area (Å²) in [5.41, 5.74) is 6.74. The van der Waals surface area contributed by atoms with Gasteiger partial charge in [-0.2, -0.15) is 0 Å². The molecule has 17 heavy (non-hydrogen) atoms. The molecule has 0 spiro atoms. The SMILES string of the molecule is COCCN(CC(C)C)c1ncnc(N)c1C. The van der Waals surface area contributed by atoms with Gasteiger partial charge in [0.1, 0.15) is 18.0 Å². The summed E-state index contributed by atoms with van der Waals surface area (Å²) in [5, 5.41) is 0. The minimum atomic E-state index is 0.543. The van der Waals surface area contributed by atoms with Crippen LogP contribution in [0.25, 0.3) is 0 Å². The maximum Gasteiger partial charge on any atom is 0.137 e. The van der Waals surface area contributed by atoms with Gasteiger partial charge in [-0.25, -0.2) is 9.97 Å². The highest BCUT2D eigenvalue weighted by Gasteiger charge is 2.14. The van der Waals surface area contributed by atoms with Crippen molar-refractivity contribution in [2.45, 2.75) is 20.8 Å². The van der Waals surface area contributed by atoms with E-state index in [1.165, 1.54) is 6.33 Å². The van der Waals surface area contributed by atoms with Crippen LogP contribution in [0, 0.1) is 12.8 Å². The summed E-state index contributed by atoms with van der Waals surface area (Å²) >= 11 is 0. The zero-order valence-corrected chi connectivity index (χ0v) is 11.1. The predicted molar refractivity (Wildman–Crippen MR) is 70.1 cm³/mol. The van der Waals surface area contributed by atoms with Crippen LogP contribution in [-0.2, 0) is 4.74 Å². The number of ether oxygens (including phenoxy) is 1. The topological polar surface area (TPSA) is 64.3 Å². The lowest BCUT2D eigenvalue weighted by Crippen LogP contribution is -2.32. The second-order valence-electron chi connectivity index (χ2n) is 4.54. The Labute approximate surface area is 103 Å². The molecule has 1 aromatic rings. The number of nitrogens with zero attached hydrogens (tertiary/aromatic N) is 3. The summed E-state index contributed by atoms with van der Waals surface area (Å²) in [5.74, 6) is 2.01. The second-order valence-corrected chi connectivity index (χ2v) is 4.54. The summed E-state index contributed by atoms with van der Waals surface area (Å²) in [7, 11) is 1.70. The van der Waals surface area contributed by atoms with E-state index in [0.717, 1.165) is 24.5 Å². The molecule has 1 aromatic heterocycles. The molecule has 0 aliphatic rings. The fourth-order valence-corrected chi connectivity index (χ4v) is 1.70. The average Bonchev–Trinajstić information content (AvgIpc) is 2.28. The van der Waals surface area contributed by atoms with Crippen LogP contribution < -0.4 is 10.6 Å². The molecule has 0 fully saturated rings. The minimum Gasteiger partial charge on any atom is -0.383 e. The molecule has 0 amide bonds. The van der Waals surface area contributed by atoms with Crippen molar-refractivity contribution < 1.29 is 4.74 Å². The van der Waals surface area contributed by atoms with Crippen molar-refractivity contribution in [3.8, 4) is 0 Å². The molecule has 0 atom stereocenters. The third-order valence-corrected chi connectivity index (χ3v) is 2.55.